The molecule has 22 heavy (non-hydrogen) atoms. The molecule has 3 rings (SSSR count). The van der Waals surface area contributed by atoms with E-state index in [1.165, 1.54) is 0 Å². The van der Waals surface area contributed by atoms with Gasteiger partial charge in [0.25, 0.3) is 0 Å². The Labute approximate surface area is 135 Å². The quantitative estimate of drug-likeness (QED) is 0.875. The molecule has 1 N–H and O–H groups in total. The summed E-state index contributed by atoms with van der Waals surface area (Å²) in [5.74, 6) is -1.98. The van der Waals surface area contributed by atoms with Crippen LogP contribution in [0.1, 0.15) is 6.42 Å². The van der Waals surface area contributed by atoms with Gasteiger partial charge >= 0.3 is 6.18 Å². The van der Waals surface area contributed by atoms with Crippen LogP contribution in [0.4, 0.5) is 18.9 Å². The number of hydrogen-bond donors (Lipinski definition) is 1. The molecule has 0 spiro atoms. The number of benzene rings is 1. The summed E-state index contributed by atoms with van der Waals surface area (Å²) < 4.78 is 38.8. The monoisotopic (exact) mass is 378 g/mol. The molecule has 7 heteroatoms. The van der Waals surface area contributed by atoms with E-state index in [0.29, 0.717) is 26.2 Å². The highest BCUT2D eigenvalue weighted by Gasteiger charge is 2.59. The second kappa shape index (κ2) is 6.02. The Morgan fingerprint density at radius 1 is 1.09 bits per heavy atom. The van der Waals surface area contributed by atoms with Gasteiger partial charge in [-0.25, -0.2) is 0 Å². The molecule has 122 valence electrons. The second-order valence-electron chi connectivity index (χ2n) is 5.96. The average molecular weight is 379 g/mol. The largest absolute Gasteiger partial charge is 0.392 e. The van der Waals surface area contributed by atoms with Crippen molar-refractivity contribution in [2.24, 2.45) is 11.8 Å². The van der Waals surface area contributed by atoms with E-state index in [1.807, 2.05) is 24.3 Å². The lowest BCUT2D eigenvalue weighted by atomic mass is 10.2. The number of aliphatic hydroxyl groups is 1. The molecule has 2 aliphatic rings. The number of halogens is 4. The first-order valence-electron chi connectivity index (χ1n) is 7.35. The minimum Gasteiger partial charge on any atom is -0.378 e. The van der Waals surface area contributed by atoms with Crippen LogP contribution in [0.2, 0.25) is 0 Å². The molecule has 3 atom stereocenters. The van der Waals surface area contributed by atoms with Gasteiger partial charge in [-0.1, -0.05) is 15.9 Å². The fourth-order valence-electron chi connectivity index (χ4n) is 3.09. The summed E-state index contributed by atoms with van der Waals surface area (Å²) in [4.78, 5) is 3.95. The van der Waals surface area contributed by atoms with E-state index in [9.17, 15) is 18.3 Å². The zero-order valence-electron chi connectivity index (χ0n) is 11.9. The number of rotatable bonds is 3. The maximum absolute atomic E-state index is 12.6. The molecule has 1 aromatic carbocycles. The van der Waals surface area contributed by atoms with Crippen LogP contribution < -0.4 is 4.90 Å². The highest BCUT2D eigenvalue weighted by atomic mass is 79.9. The SMILES string of the molecule is OC(C1CC1C(F)(F)F)N1CCN(c2ccc(Br)cc2)CC1. The molecule has 1 aliphatic carbocycles. The van der Waals surface area contributed by atoms with Crippen molar-refractivity contribution in [3.8, 4) is 0 Å². The van der Waals surface area contributed by atoms with Crippen LogP contribution in [0.5, 0.6) is 0 Å². The Kier molecular flexibility index (Phi) is 4.40. The van der Waals surface area contributed by atoms with Crippen LogP contribution >= 0.6 is 15.9 Å². The number of alkyl halides is 3. The molecular formula is C15H18BrF3N2O. The molecule has 3 nitrogen and oxygen atoms in total. The molecule has 1 aliphatic heterocycles. The Morgan fingerprint density at radius 2 is 1.68 bits per heavy atom. The first-order valence-corrected chi connectivity index (χ1v) is 8.15. The van der Waals surface area contributed by atoms with Crippen molar-refractivity contribution in [3.05, 3.63) is 28.7 Å². The van der Waals surface area contributed by atoms with Gasteiger partial charge in [-0.3, -0.25) is 4.90 Å². The lowest BCUT2D eigenvalue weighted by Gasteiger charge is -2.38. The normalized spacial score (nSPS) is 27.8. The maximum atomic E-state index is 12.6. The molecule has 1 saturated heterocycles. The third kappa shape index (κ3) is 3.41. The van der Waals surface area contributed by atoms with Gasteiger partial charge in [0.15, 0.2) is 0 Å². The molecule has 3 unspecified atom stereocenters. The third-order valence-electron chi connectivity index (χ3n) is 4.52. The number of nitrogens with zero attached hydrogens (tertiary/aromatic N) is 2. The predicted molar refractivity (Wildman–Crippen MR) is 81.6 cm³/mol. The number of hydrogen-bond acceptors (Lipinski definition) is 3. The lowest BCUT2D eigenvalue weighted by Crippen LogP contribution is -2.51. The topological polar surface area (TPSA) is 26.7 Å². The van der Waals surface area contributed by atoms with Gasteiger partial charge in [-0.15, -0.1) is 0 Å². The van der Waals surface area contributed by atoms with E-state index in [0.717, 1.165) is 10.2 Å². The van der Waals surface area contributed by atoms with E-state index in [2.05, 4.69) is 20.8 Å². The summed E-state index contributed by atoms with van der Waals surface area (Å²) in [7, 11) is 0. The summed E-state index contributed by atoms with van der Waals surface area (Å²) in [6.07, 6.45) is -5.10. The average Bonchev–Trinajstić information content (AvgIpc) is 3.28. The van der Waals surface area contributed by atoms with E-state index < -0.39 is 24.2 Å². The predicted octanol–water partition coefficient (Wildman–Crippen LogP) is 3.09. The standard InChI is InChI=1S/C15H18BrF3N2O/c16-10-1-3-11(4-2-10)20-5-7-21(8-6-20)14(22)12-9-13(12)15(17,18)19/h1-4,12-14,22H,5-9H2. The summed E-state index contributed by atoms with van der Waals surface area (Å²) >= 11 is 3.39. The van der Waals surface area contributed by atoms with Gasteiger partial charge in [0.2, 0.25) is 0 Å². The van der Waals surface area contributed by atoms with Gasteiger partial charge in [-0.05, 0) is 30.7 Å². The zero-order chi connectivity index (χ0) is 15.9. The number of piperazine rings is 1. The van der Waals surface area contributed by atoms with Crippen LogP contribution in [-0.4, -0.2) is 48.6 Å². The molecule has 0 radical (unpaired) electrons. The Hall–Kier alpha value is -0.790. The molecule has 1 aromatic rings. The third-order valence-corrected chi connectivity index (χ3v) is 5.05. The van der Waals surface area contributed by atoms with Crippen LogP contribution in [-0.2, 0) is 0 Å². The van der Waals surface area contributed by atoms with E-state index in [-0.39, 0.29) is 6.42 Å². The lowest BCUT2D eigenvalue weighted by molar-refractivity contribution is -0.158. The molecule has 1 heterocycles. The fraction of sp³-hybridized carbons (Fsp3) is 0.600. The number of aliphatic hydroxyl groups excluding tert-OH is 1. The highest BCUT2D eigenvalue weighted by molar-refractivity contribution is 9.10. The first kappa shape index (κ1) is 16.1. The van der Waals surface area contributed by atoms with Gasteiger partial charge in [0, 0.05) is 42.3 Å². The van der Waals surface area contributed by atoms with E-state index >= 15 is 0 Å². The number of anilines is 1. The highest BCUT2D eigenvalue weighted by Crippen LogP contribution is 2.52. The molecule has 2 fully saturated rings. The second-order valence-corrected chi connectivity index (χ2v) is 6.88. The Morgan fingerprint density at radius 3 is 2.18 bits per heavy atom. The first-order chi connectivity index (χ1) is 10.4. The van der Waals surface area contributed by atoms with Crippen LogP contribution in [0.25, 0.3) is 0 Å². The minimum atomic E-state index is -4.18. The summed E-state index contributed by atoms with van der Waals surface area (Å²) in [6.45, 7) is 2.58. The van der Waals surface area contributed by atoms with E-state index in [4.69, 9.17) is 0 Å². The van der Waals surface area contributed by atoms with Crippen molar-refractivity contribution in [2.45, 2.75) is 18.8 Å². The summed E-state index contributed by atoms with van der Waals surface area (Å²) in [6, 6.07) is 7.96. The van der Waals surface area contributed by atoms with Crippen molar-refractivity contribution in [1.29, 1.82) is 0 Å². The molecule has 0 amide bonds. The summed E-state index contributed by atoms with van der Waals surface area (Å²) in [5.41, 5.74) is 1.09. The van der Waals surface area contributed by atoms with Gasteiger partial charge < -0.3 is 10.0 Å². The van der Waals surface area contributed by atoms with Crippen molar-refractivity contribution in [3.63, 3.8) is 0 Å². The van der Waals surface area contributed by atoms with Crippen LogP contribution in [0.3, 0.4) is 0 Å². The molecule has 1 saturated carbocycles. The Bertz CT molecular complexity index is 515. The van der Waals surface area contributed by atoms with Gasteiger partial charge in [0.1, 0.15) is 6.23 Å². The molecule has 0 aromatic heterocycles. The fourth-order valence-corrected chi connectivity index (χ4v) is 3.35. The van der Waals surface area contributed by atoms with Crippen molar-refractivity contribution < 1.29 is 18.3 Å². The minimum absolute atomic E-state index is 0.0532. The molecular weight excluding hydrogens is 361 g/mol. The molecule has 0 bridgehead atoms. The Balaban J connectivity index is 1.53. The van der Waals surface area contributed by atoms with Gasteiger partial charge in [-0.2, -0.15) is 13.2 Å². The maximum Gasteiger partial charge on any atom is 0.392 e. The van der Waals surface area contributed by atoms with E-state index in [1.54, 1.807) is 4.90 Å². The van der Waals surface area contributed by atoms with Crippen molar-refractivity contribution >= 4 is 21.6 Å². The van der Waals surface area contributed by atoms with Crippen molar-refractivity contribution in [1.82, 2.24) is 4.90 Å². The van der Waals surface area contributed by atoms with Crippen LogP contribution in [0.15, 0.2) is 28.7 Å². The van der Waals surface area contributed by atoms with Crippen molar-refractivity contribution in [2.75, 3.05) is 31.1 Å². The van der Waals surface area contributed by atoms with Crippen LogP contribution in [0, 0.1) is 11.8 Å². The van der Waals surface area contributed by atoms with Gasteiger partial charge in [0.05, 0.1) is 5.92 Å². The zero-order valence-corrected chi connectivity index (χ0v) is 13.5. The summed E-state index contributed by atoms with van der Waals surface area (Å²) in [5, 5.41) is 10.1. The smallest absolute Gasteiger partial charge is 0.378 e.